The summed E-state index contributed by atoms with van der Waals surface area (Å²) in [5.74, 6) is 0.0713. The van der Waals surface area contributed by atoms with Crippen LogP contribution in [0.4, 0.5) is 0 Å². The normalized spacial score (nSPS) is 21.9. The lowest BCUT2D eigenvalue weighted by atomic mass is 9.79. The van der Waals surface area contributed by atoms with Crippen LogP contribution in [-0.4, -0.2) is 24.9 Å². The summed E-state index contributed by atoms with van der Waals surface area (Å²) in [7, 11) is 1.64. The van der Waals surface area contributed by atoms with E-state index >= 15 is 0 Å². The lowest BCUT2D eigenvalue weighted by Crippen LogP contribution is -2.49. The van der Waals surface area contributed by atoms with E-state index in [0.29, 0.717) is 5.56 Å². The number of hydrogen-bond acceptors (Lipinski definition) is 2. The molecule has 0 saturated heterocycles. The van der Waals surface area contributed by atoms with Gasteiger partial charge in [0.25, 0.3) is 5.91 Å². The zero-order valence-electron chi connectivity index (χ0n) is 10.7. The topological polar surface area (TPSA) is 58.2 Å². The summed E-state index contributed by atoms with van der Waals surface area (Å²) < 4.78 is 0. The van der Waals surface area contributed by atoms with E-state index in [1.54, 1.807) is 7.05 Å². The van der Waals surface area contributed by atoms with Crippen LogP contribution < -0.4 is 10.6 Å². The molecule has 0 spiro atoms. The molecule has 18 heavy (non-hydrogen) atoms. The molecule has 1 aromatic rings. The highest BCUT2D eigenvalue weighted by atomic mass is 16.2. The van der Waals surface area contributed by atoms with Crippen molar-refractivity contribution in [2.24, 2.45) is 5.92 Å². The van der Waals surface area contributed by atoms with Crippen LogP contribution in [0.3, 0.4) is 0 Å². The Bertz CT molecular complexity index is 465. The Morgan fingerprint density at radius 2 is 1.89 bits per heavy atom. The predicted octanol–water partition coefficient (Wildman–Crippen LogP) is 1.25. The molecule has 0 aliphatic heterocycles. The first-order valence-corrected chi connectivity index (χ1v) is 6.20. The van der Waals surface area contributed by atoms with Gasteiger partial charge in [0, 0.05) is 24.6 Å². The second kappa shape index (κ2) is 5.21. The summed E-state index contributed by atoms with van der Waals surface area (Å²) in [6, 6.07) is 7.63. The van der Waals surface area contributed by atoms with Gasteiger partial charge in [0.2, 0.25) is 5.91 Å². The van der Waals surface area contributed by atoms with E-state index in [-0.39, 0.29) is 23.8 Å². The van der Waals surface area contributed by atoms with Gasteiger partial charge in [-0.2, -0.15) is 0 Å². The maximum atomic E-state index is 12.0. The average Bonchev–Trinajstić information content (AvgIpc) is 2.32. The van der Waals surface area contributed by atoms with E-state index in [0.717, 1.165) is 18.4 Å². The quantitative estimate of drug-likeness (QED) is 0.843. The maximum absolute atomic E-state index is 12.0. The van der Waals surface area contributed by atoms with Crippen molar-refractivity contribution in [3.05, 3.63) is 35.4 Å². The maximum Gasteiger partial charge on any atom is 0.251 e. The van der Waals surface area contributed by atoms with E-state index in [4.69, 9.17) is 0 Å². The molecule has 1 aliphatic rings. The predicted molar refractivity (Wildman–Crippen MR) is 69.2 cm³/mol. The lowest BCUT2D eigenvalue weighted by Gasteiger charge is -2.34. The van der Waals surface area contributed by atoms with Gasteiger partial charge in [-0.3, -0.25) is 9.59 Å². The Balaban J connectivity index is 1.88. The van der Waals surface area contributed by atoms with E-state index in [2.05, 4.69) is 10.6 Å². The first-order chi connectivity index (χ1) is 8.61. The molecule has 4 heteroatoms. The molecule has 0 bridgehead atoms. The van der Waals surface area contributed by atoms with Gasteiger partial charge in [0.05, 0.1) is 0 Å². The second-order valence-electron chi connectivity index (χ2n) is 4.77. The Morgan fingerprint density at radius 1 is 1.22 bits per heavy atom. The number of nitrogens with one attached hydrogen (secondary N) is 2. The Hall–Kier alpha value is -1.84. The second-order valence-corrected chi connectivity index (χ2v) is 4.77. The smallest absolute Gasteiger partial charge is 0.251 e. The van der Waals surface area contributed by atoms with Crippen LogP contribution in [0.25, 0.3) is 0 Å². The highest BCUT2D eigenvalue weighted by molar-refractivity contribution is 5.96. The van der Waals surface area contributed by atoms with Gasteiger partial charge in [-0.1, -0.05) is 18.2 Å². The monoisotopic (exact) mass is 246 g/mol. The molecule has 0 heterocycles. The third-order valence-corrected chi connectivity index (χ3v) is 3.48. The molecule has 0 atom stereocenters. The number of hydrogen-bond donors (Lipinski definition) is 2. The first-order valence-electron chi connectivity index (χ1n) is 6.20. The Labute approximate surface area is 107 Å². The standard InChI is InChI=1S/C14H18N2O2/c1-9-5-3-4-6-12(9)14(18)16-11-7-10(8-11)13(17)15-2/h3-6,10-11H,7-8H2,1-2H3,(H,15,17)(H,16,18)/t10-,11+. The van der Waals surface area contributed by atoms with Crippen LogP contribution in [0.1, 0.15) is 28.8 Å². The zero-order chi connectivity index (χ0) is 13.1. The van der Waals surface area contributed by atoms with Crippen LogP contribution in [0.5, 0.6) is 0 Å². The van der Waals surface area contributed by atoms with Crippen molar-refractivity contribution in [1.29, 1.82) is 0 Å². The highest BCUT2D eigenvalue weighted by Gasteiger charge is 2.34. The van der Waals surface area contributed by atoms with Gasteiger partial charge in [-0.25, -0.2) is 0 Å². The van der Waals surface area contributed by atoms with Gasteiger partial charge in [0.1, 0.15) is 0 Å². The molecule has 1 aliphatic carbocycles. The molecule has 1 saturated carbocycles. The average molecular weight is 246 g/mol. The van der Waals surface area contributed by atoms with Gasteiger partial charge in [-0.05, 0) is 31.4 Å². The summed E-state index contributed by atoms with van der Waals surface area (Å²) in [4.78, 5) is 23.3. The van der Waals surface area contributed by atoms with Crippen molar-refractivity contribution in [3.8, 4) is 0 Å². The molecular weight excluding hydrogens is 228 g/mol. The fourth-order valence-electron chi connectivity index (χ4n) is 2.24. The van der Waals surface area contributed by atoms with Crippen molar-refractivity contribution in [3.63, 3.8) is 0 Å². The largest absolute Gasteiger partial charge is 0.359 e. The number of rotatable bonds is 3. The van der Waals surface area contributed by atoms with Crippen LogP contribution in [0.2, 0.25) is 0 Å². The van der Waals surface area contributed by atoms with Crippen molar-refractivity contribution in [2.75, 3.05) is 7.05 Å². The fourth-order valence-corrected chi connectivity index (χ4v) is 2.24. The number of amides is 2. The molecule has 2 amide bonds. The molecule has 0 radical (unpaired) electrons. The molecule has 96 valence electrons. The van der Waals surface area contributed by atoms with Gasteiger partial charge >= 0.3 is 0 Å². The van der Waals surface area contributed by atoms with Crippen LogP contribution in [0.15, 0.2) is 24.3 Å². The molecule has 0 unspecified atom stereocenters. The minimum atomic E-state index is -0.0477. The van der Waals surface area contributed by atoms with Crippen molar-refractivity contribution in [2.45, 2.75) is 25.8 Å². The molecular formula is C14H18N2O2. The van der Waals surface area contributed by atoms with E-state index in [9.17, 15) is 9.59 Å². The molecule has 1 fully saturated rings. The summed E-state index contributed by atoms with van der Waals surface area (Å²) in [5, 5.41) is 5.59. The SMILES string of the molecule is CNC(=O)[C@H]1C[C@@H](NC(=O)c2ccccc2C)C1. The highest BCUT2D eigenvalue weighted by Crippen LogP contribution is 2.27. The minimum Gasteiger partial charge on any atom is -0.359 e. The van der Waals surface area contributed by atoms with E-state index in [1.807, 2.05) is 31.2 Å². The van der Waals surface area contributed by atoms with Crippen molar-refractivity contribution in [1.82, 2.24) is 10.6 Å². The number of benzene rings is 1. The minimum absolute atomic E-state index is 0.0477. The molecule has 2 N–H and O–H groups in total. The van der Waals surface area contributed by atoms with Gasteiger partial charge in [0.15, 0.2) is 0 Å². The van der Waals surface area contributed by atoms with Crippen molar-refractivity contribution < 1.29 is 9.59 Å². The summed E-state index contributed by atoms with van der Waals surface area (Å²) >= 11 is 0. The zero-order valence-corrected chi connectivity index (χ0v) is 10.7. The van der Waals surface area contributed by atoms with Gasteiger partial charge in [-0.15, -0.1) is 0 Å². The molecule has 0 aromatic heterocycles. The fraction of sp³-hybridized carbons (Fsp3) is 0.429. The van der Waals surface area contributed by atoms with E-state index in [1.165, 1.54) is 0 Å². The Kier molecular flexibility index (Phi) is 3.65. The van der Waals surface area contributed by atoms with Crippen LogP contribution in [0, 0.1) is 12.8 Å². The number of carbonyl (C=O) groups excluding carboxylic acids is 2. The van der Waals surface area contributed by atoms with Crippen LogP contribution >= 0.6 is 0 Å². The summed E-state index contributed by atoms with van der Waals surface area (Å²) in [5.41, 5.74) is 1.68. The third-order valence-electron chi connectivity index (χ3n) is 3.48. The number of carbonyl (C=O) groups is 2. The van der Waals surface area contributed by atoms with Crippen molar-refractivity contribution >= 4 is 11.8 Å². The first kappa shape index (κ1) is 12.6. The van der Waals surface area contributed by atoms with Crippen LogP contribution in [-0.2, 0) is 4.79 Å². The number of aryl methyl sites for hydroxylation is 1. The lowest BCUT2D eigenvalue weighted by molar-refractivity contribution is -0.127. The summed E-state index contributed by atoms with van der Waals surface area (Å²) in [6.07, 6.45) is 1.47. The molecule has 2 rings (SSSR count). The molecule has 1 aromatic carbocycles. The van der Waals surface area contributed by atoms with E-state index < -0.39 is 0 Å². The van der Waals surface area contributed by atoms with Gasteiger partial charge < -0.3 is 10.6 Å². The molecule has 4 nitrogen and oxygen atoms in total. The summed E-state index contributed by atoms with van der Waals surface area (Å²) in [6.45, 7) is 1.92. The third kappa shape index (κ3) is 2.53. The Morgan fingerprint density at radius 3 is 2.50 bits per heavy atom.